The Morgan fingerprint density at radius 2 is 2.19 bits per heavy atom. The Balaban J connectivity index is 1.70. The van der Waals surface area contributed by atoms with Crippen molar-refractivity contribution < 1.29 is 9.53 Å². The normalized spacial score (nSPS) is 20.1. The van der Waals surface area contributed by atoms with Gasteiger partial charge in [0.1, 0.15) is 0 Å². The maximum absolute atomic E-state index is 12.9. The van der Waals surface area contributed by atoms with E-state index in [4.69, 9.17) is 10.5 Å². The van der Waals surface area contributed by atoms with E-state index in [9.17, 15) is 4.79 Å². The van der Waals surface area contributed by atoms with E-state index in [0.717, 1.165) is 31.2 Å². The van der Waals surface area contributed by atoms with Gasteiger partial charge < -0.3 is 15.4 Å². The molecule has 2 aromatic rings. The summed E-state index contributed by atoms with van der Waals surface area (Å²) in [6, 6.07) is 4.36. The molecule has 8 heteroatoms. The predicted octanol–water partition coefficient (Wildman–Crippen LogP) is 1.40. The summed E-state index contributed by atoms with van der Waals surface area (Å²) >= 11 is 0. The lowest BCUT2D eigenvalue weighted by Crippen LogP contribution is -2.33. The number of pyridine rings is 1. The van der Waals surface area contributed by atoms with Crippen LogP contribution in [0.25, 0.3) is 0 Å². The summed E-state index contributed by atoms with van der Waals surface area (Å²) in [6.45, 7) is 1.40. The SMILES string of the molecule is COCCN(Cc1cccnc1)C(=O)c1cn(C2CCC(N)CC2)nn1. The topological polar surface area (TPSA) is 99.2 Å². The Morgan fingerprint density at radius 1 is 1.38 bits per heavy atom. The average Bonchev–Trinajstić information content (AvgIpc) is 3.16. The molecule has 0 aromatic carbocycles. The van der Waals surface area contributed by atoms with Gasteiger partial charge in [-0.25, -0.2) is 4.68 Å². The van der Waals surface area contributed by atoms with Crippen LogP contribution in [0.1, 0.15) is 47.8 Å². The Kier molecular flexibility index (Phi) is 6.30. The minimum absolute atomic E-state index is 0.148. The second kappa shape index (κ2) is 8.86. The van der Waals surface area contributed by atoms with Crippen LogP contribution in [0, 0.1) is 0 Å². The summed E-state index contributed by atoms with van der Waals surface area (Å²) in [6.07, 6.45) is 9.14. The first-order chi connectivity index (χ1) is 12.7. The van der Waals surface area contributed by atoms with Crippen LogP contribution < -0.4 is 5.73 Å². The van der Waals surface area contributed by atoms with Gasteiger partial charge in [-0.3, -0.25) is 9.78 Å². The quantitative estimate of drug-likeness (QED) is 0.803. The first-order valence-corrected chi connectivity index (χ1v) is 9.02. The fourth-order valence-corrected chi connectivity index (χ4v) is 3.25. The standard InChI is InChI=1S/C18H26N6O2/c1-26-10-9-23(12-14-3-2-8-20-11-14)18(25)17-13-24(22-21-17)16-6-4-15(19)5-7-16/h2-3,8,11,13,15-16H,4-7,9-10,12,19H2,1H3. The first-order valence-electron chi connectivity index (χ1n) is 9.02. The number of carbonyl (C=O) groups is 1. The fourth-order valence-electron chi connectivity index (χ4n) is 3.25. The minimum atomic E-state index is -0.148. The number of rotatable bonds is 7. The van der Waals surface area contributed by atoms with Crippen molar-refractivity contribution in [2.45, 2.75) is 44.3 Å². The van der Waals surface area contributed by atoms with Crippen LogP contribution in [0.3, 0.4) is 0 Å². The van der Waals surface area contributed by atoms with Gasteiger partial charge in [0.2, 0.25) is 0 Å². The van der Waals surface area contributed by atoms with E-state index in [0.29, 0.717) is 25.4 Å². The van der Waals surface area contributed by atoms with Crippen LogP contribution in [0.4, 0.5) is 0 Å². The summed E-state index contributed by atoms with van der Waals surface area (Å²) in [5, 5.41) is 8.31. The second-order valence-corrected chi connectivity index (χ2v) is 6.73. The van der Waals surface area contributed by atoms with E-state index in [1.807, 2.05) is 16.8 Å². The van der Waals surface area contributed by atoms with E-state index in [1.165, 1.54) is 0 Å². The predicted molar refractivity (Wildman–Crippen MR) is 96.4 cm³/mol. The molecule has 1 fully saturated rings. The number of methoxy groups -OCH3 is 1. The third-order valence-corrected chi connectivity index (χ3v) is 4.79. The second-order valence-electron chi connectivity index (χ2n) is 6.73. The highest BCUT2D eigenvalue weighted by Gasteiger charge is 2.24. The molecular formula is C18H26N6O2. The lowest BCUT2D eigenvalue weighted by Gasteiger charge is -2.25. The number of nitrogens with two attached hydrogens (primary N) is 1. The maximum Gasteiger partial charge on any atom is 0.276 e. The lowest BCUT2D eigenvalue weighted by atomic mass is 9.92. The van der Waals surface area contributed by atoms with E-state index >= 15 is 0 Å². The number of hydrogen-bond donors (Lipinski definition) is 1. The molecule has 0 saturated heterocycles. The molecule has 1 saturated carbocycles. The smallest absolute Gasteiger partial charge is 0.276 e. The van der Waals surface area contributed by atoms with Gasteiger partial charge in [0.15, 0.2) is 5.69 Å². The van der Waals surface area contributed by atoms with Crippen LogP contribution in [-0.2, 0) is 11.3 Å². The molecular weight excluding hydrogens is 332 g/mol. The van der Waals surface area contributed by atoms with Crippen molar-refractivity contribution in [1.29, 1.82) is 0 Å². The molecule has 0 atom stereocenters. The highest BCUT2D eigenvalue weighted by atomic mass is 16.5. The summed E-state index contributed by atoms with van der Waals surface area (Å²) in [5.41, 5.74) is 7.29. The highest BCUT2D eigenvalue weighted by molar-refractivity contribution is 5.91. The van der Waals surface area contributed by atoms with E-state index in [-0.39, 0.29) is 18.0 Å². The monoisotopic (exact) mass is 358 g/mol. The molecule has 0 aliphatic heterocycles. The third kappa shape index (κ3) is 4.64. The van der Waals surface area contributed by atoms with Crippen LogP contribution >= 0.6 is 0 Å². The Labute approximate surface area is 153 Å². The van der Waals surface area contributed by atoms with Crippen molar-refractivity contribution in [1.82, 2.24) is 24.9 Å². The van der Waals surface area contributed by atoms with Crippen LogP contribution in [0.2, 0.25) is 0 Å². The number of aromatic nitrogens is 4. The van der Waals surface area contributed by atoms with Crippen LogP contribution in [-0.4, -0.2) is 57.1 Å². The fraction of sp³-hybridized carbons (Fsp3) is 0.556. The zero-order chi connectivity index (χ0) is 18.4. The summed E-state index contributed by atoms with van der Waals surface area (Å²) in [7, 11) is 1.62. The lowest BCUT2D eigenvalue weighted by molar-refractivity contribution is 0.0674. The van der Waals surface area contributed by atoms with Gasteiger partial charge in [-0.15, -0.1) is 5.10 Å². The molecule has 2 heterocycles. The molecule has 0 bridgehead atoms. The average molecular weight is 358 g/mol. The summed E-state index contributed by atoms with van der Waals surface area (Å²) in [5.74, 6) is -0.148. The minimum Gasteiger partial charge on any atom is -0.383 e. The number of ether oxygens (including phenoxy) is 1. The summed E-state index contributed by atoms with van der Waals surface area (Å²) < 4.78 is 6.96. The largest absolute Gasteiger partial charge is 0.383 e. The van der Waals surface area contributed by atoms with Gasteiger partial charge in [-0.05, 0) is 37.3 Å². The van der Waals surface area contributed by atoms with Gasteiger partial charge in [0, 0.05) is 38.6 Å². The zero-order valence-electron chi connectivity index (χ0n) is 15.1. The number of amides is 1. The molecule has 1 amide bonds. The van der Waals surface area contributed by atoms with Crippen molar-refractivity contribution >= 4 is 5.91 Å². The van der Waals surface area contributed by atoms with E-state index in [1.54, 1.807) is 30.6 Å². The molecule has 2 aromatic heterocycles. The number of nitrogens with zero attached hydrogens (tertiary/aromatic N) is 5. The van der Waals surface area contributed by atoms with E-state index < -0.39 is 0 Å². The molecule has 3 rings (SSSR count). The van der Waals surface area contributed by atoms with Gasteiger partial charge in [0.05, 0.1) is 18.8 Å². The molecule has 2 N–H and O–H groups in total. The van der Waals surface area contributed by atoms with Crippen LogP contribution in [0.15, 0.2) is 30.7 Å². The Morgan fingerprint density at radius 3 is 2.88 bits per heavy atom. The van der Waals surface area contributed by atoms with Gasteiger partial charge >= 0.3 is 0 Å². The third-order valence-electron chi connectivity index (χ3n) is 4.79. The number of hydrogen-bond acceptors (Lipinski definition) is 6. The molecule has 1 aliphatic carbocycles. The molecule has 0 spiro atoms. The molecule has 26 heavy (non-hydrogen) atoms. The van der Waals surface area contributed by atoms with Gasteiger partial charge in [-0.2, -0.15) is 0 Å². The zero-order valence-corrected chi connectivity index (χ0v) is 15.1. The number of carbonyl (C=O) groups excluding carboxylic acids is 1. The first kappa shape index (κ1) is 18.5. The van der Waals surface area contributed by atoms with Gasteiger partial charge in [0.25, 0.3) is 5.91 Å². The van der Waals surface area contributed by atoms with Crippen molar-refractivity contribution in [3.05, 3.63) is 42.0 Å². The molecule has 0 radical (unpaired) electrons. The van der Waals surface area contributed by atoms with Gasteiger partial charge in [-0.1, -0.05) is 11.3 Å². The molecule has 1 aliphatic rings. The van der Waals surface area contributed by atoms with Crippen molar-refractivity contribution in [2.75, 3.05) is 20.3 Å². The maximum atomic E-state index is 12.9. The van der Waals surface area contributed by atoms with Crippen molar-refractivity contribution in [3.63, 3.8) is 0 Å². The Hall–Kier alpha value is -2.32. The molecule has 0 unspecified atom stereocenters. The van der Waals surface area contributed by atoms with E-state index in [2.05, 4.69) is 15.3 Å². The van der Waals surface area contributed by atoms with Crippen LogP contribution in [0.5, 0.6) is 0 Å². The highest BCUT2D eigenvalue weighted by Crippen LogP contribution is 2.26. The summed E-state index contributed by atoms with van der Waals surface area (Å²) in [4.78, 5) is 18.7. The molecule has 8 nitrogen and oxygen atoms in total. The molecule has 140 valence electrons. The van der Waals surface area contributed by atoms with Crippen molar-refractivity contribution in [3.8, 4) is 0 Å². The Bertz CT molecular complexity index is 697. The van der Waals surface area contributed by atoms with Crippen molar-refractivity contribution in [2.24, 2.45) is 5.73 Å².